The summed E-state index contributed by atoms with van der Waals surface area (Å²) in [5, 5.41) is 4.72. The zero-order chi connectivity index (χ0) is 22.9. The number of carbonyl (C=O) groups excluding carboxylic acids is 2. The first-order chi connectivity index (χ1) is 16.0. The number of thiazole rings is 1. The molecule has 0 saturated carbocycles. The number of nitrogens with zero attached hydrogens (tertiary/aromatic N) is 2. The van der Waals surface area contributed by atoms with E-state index in [9.17, 15) is 9.59 Å². The number of fused-ring (bicyclic) bond motifs is 2. The molecular formula is C25H23N3O3S2. The van der Waals surface area contributed by atoms with E-state index in [4.69, 9.17) is 9.72 Å². The van der Waals surface area contributed by atoms with Gasteiger partial charge in [0.2, 0.25) is 5.91 Å². The minimum absolute atomic E-state index is 0.0628. The molecule has 4 aromatic rings. The Bertz CT molecular complexity index is 1330. The molecule has 1 aliphatic rings. The Morgan fingerprint density at radius 3 is 2.70 bits per heavy atom. The molecule has 0 fully saturated rings. The van der Waals surface area contributed by atoms with Gasteiger partial charge in [-0.1, -0.05) is 30.3 Å². The molecule has 3 heterocycles. The maximum Gasteiger partial charge on any atom is 0.262 e. The van der Waals surface area contributed by atoms with Crippen molar-refractivity contribution in [1.29, 1.82) is 0 Å². The lowest BCUT2D eigenvalue weighted by Crippen LogP contribution is -2.33. The second kappa shape index (κ2) is 8.96. The van der Waals surface area contributed by atoms with Crippen LogP contribution in [0, 0.1) is 6.92 Å². The fourth-order valence-corrected chi connectivity index (χ4v) is 6.38. The SMILES string of the molecule is CC(=O)N1CCc2c(sc(NC(=O)COc3ccccc3C)c2-c2nc3ccccc3s2)C1. The first-order valence-corrected chi connectivity index (χ1v) is 12.4. The van der Waals surface area contributed by atoms with Crippen molar-refractivity contribution in [1.82, 2.24) is 9.88 Å². The predicted molar refractivity (Wildman–Crippen MR) is 133 cm³/mol. The van der Waals surface area contributed by atoms with Gasteiger partial charge in [-0.2, -0.15) is 0 Å². The molecule has 33 heavy (non-hydrogen) atoms. The molecule has 8 heteroatoms. The number of aromatic nitrogens is 1. The molecule has 0 unspecified atom stereocenters. The molecule has 0 saturated heterocycles. The number of thiophene rings is 1. The number of nitrogens with one attached hydrogen (secondary N) is 1. The van der Waals surface area contributed by atoms with Gasteiger partial charge < -0.3 is 15.0 Å². The van der Waals surface area contributed by atoms with Crippen LogP contribution in [-0.4, -0.2) is 34.8 Å². The molecular weight excluding hydrogens is 454 g/mol. The highest BCUT2D eigenvalue weighted by Crippen LogP contribution is 2.45. The predicted octanol–water partition coefficient (Wildman–Crippen LogP) is 5.26. The van der Waals surface area contributed by atoms with Gasteiger partial charge in [0.15, 0.2) is 6.61 Å². The highest BCUT2D eigenvalue weighted by atomic mass is 32.1. The molecule has 1 N–H and O–H groups in total. The highest BCUT2D eigenvalue weighted by Gasteiger charge is 2.28. The van der Waals surface area contributed by atoms with E-state index in [-0.39, 0.29) is 18.4 Å². The lowest BCUT2D eigenvalue weighted by Gasteiger charge is -2.26. The van der Waals surface area contributed by atoms with E-state index in [1.165, 1.54) is 16.9 Å². The van der Waals surface area contributed by atoms with Crippen LogP contribution in [0.1, 0.15) is 22.9 Å². The molecule has 1 aliphatic heterocycles. The topological polar surface area (TPSA) is 71.5 Å². The van der Waals surface area contributed by atoms with Crippen LogP contribution in [0.2, 0.25) is 0 Å². The maximum atomic E-state index is 12.8. The molecule has 168 valence electrons. The van der Waals surface area contributed by atoms with Crippen molar-refractivity contribution in [3.05, 3.63) is 64.5 Å². The van der Waals surface area contributed by atoms with Crippen LogP contribution < -0.4 is 10.1 Å². The zero-order valence-corrected chi connectivity index (χ0v) is 20.0. The van der Waals surface area contributed by atoms with Gasteiger partial charge in [0, 0.05) is 23.9 Å². The summed E-state index contributed by atoms with van der Waals surface area (Å²) in [5.74, 6) is 0.539. The summed E-state index contributed by atoms with van der Waals surface area (Å²) in [4.78, 5) is 32.6. The van der Waals surface area contributed by atoms with Crippen LogP contribution in [0.15, 0.2) is 48.5 Å². The van der Waals surface area contributed by atoms with Gasteiger partial charge in [-0.15, -0.1) is 22.7 Å². The number of rotatable bonds is 5. The number of hydrogen-bond donors (Lipinski definition) is 1. The maximum absolute atomic E-state index is 12.8. The van der Waals surface area contributed by atoms with Crippen LogP contribution in [0.25, 0.3) is 20.8 Å². The Morgan fingerprint density at radius 2 is 1.91 bits per heavy atom. The van der Waals surface area contributed by atoms with Crippen LogP contribution in [-0.2, 0) is 22.6 Å². The number of hydrogen-bond acceptors (Lipinski definition) is 6. The lowest BCUT2D eigenvalue weighted by atomic mass is 10.0. The lowest BCUT2D eigenvalue weighted by molar-refractivity contribution is -0.129. The van der Waals surface area contributed by atoms with Gasteiger partial charge in [0.25, 0.3) is 5.91 Å². The first-order valence-electron chi connectivity index (χ1n) is 10.7. The average molecular weight is 478 g/mol. The van der Waals surface area contributed by atoms with Crippen LogP contribution >= 0.6 is 22.7 Å². The summed E-state index contributed by atoms with van der Waals surface area (Å²) in [7, 11) is 0. The van der Waals surface area contributed by atoms with Gasteiger partial charge in [-0.25, -0.2) is 4.98 Å². The van der Waals surface area contributed by atoms with E-state index in [1.54, 1.807) is 18.3 Å². The number of aryl methyl sites for hydroxylation is 1. The van der Waals surface area contributed by atoms with Crippen LogP contribution in [0.3, 0.4) is 0 Å². The van der Waals surface area contributed by atoms with E-state index in [0.29, 0.717) is 18.8 Å². The average Bonchev–Trinajstić information content (AvgIpc) is 3.38. The molecule has 2 aromatic heterocycles. The summed E-state index contributed by atoms with van der Waals surface area (Å²) in [5.41, 5.74) is 4.07. The molecule has 0 radical (unpaired) electrons. The molecule has 2 amide bonds. The monoisotopic (exact) mass is 477 g/mol. The third-order valence-corrected chi connectivity index (χ3v) is 7.90. The Morgan fingerprint density at radius 1 is 1.12 bits per heavy atom. The van der Waals surface area contributed by atoms with Crippen molar-refractivity contribution >= 4 is 49.7 Å². The van der Waals surface area contributed by atoms with Gasteiger partial charge >= 0.3 is 0 Å². The minimum atomic E-state index is -0.220. The Labute approximate surface area is 199 Å². The molecule has 6 nitrogen and oxygen atoms in total. The summed E-state index contributed by atoms with van der Waals surface area (Å²) < 4.78 is 6.85. The van der Waals surface area contributed by atoms with Crippen molar-refractivity contribution < 1.29 is 14.3 Å². The number of ether oxygens (including phenoxy) is 1. The number of carbonyl (C=O) groups is 2. The number of anilines is 1. The Kier molecular flexibility index (Phi) is 5.86. The summed E-state index contributed by atoms with van der Waals surface area (Å²) in [6, 6.07) is 15.7. The van der Waals surface area contributed by atoms with E-state index in [0.717, 1.165) is 42.7 Å². The summed E-state index contributed by atoms with van der Waals surface area (Å²) >= 11 is 3.15. The largest absolute Gasteiger partial charge is 0.483 e. The minimum Gasteiger partial charge on any atom is -0.483 e. The first kappa shape index (κ1) is 21.6. The van der Waals surface area contributed by atoms with Crippen LogP contribution in [0.4, 0.5) is 5.00 Å². The normalized spacial score (nSPS) is 13.1. The van der Waals surface area contributed by atoms with Crippen molar-refractivity contribution in [2.24, 2.45) is 0 Å². The van der Waals surface area contributed by atoms with Crippen molar-refractivity contribution in [2.75, 3.05) is 18.5 Å². The molecule has 0 aliphatic carbocycles. The number of amides is 2. The standard InChI is InChI=1S/C25H23N3O3S2/c1-15-7-3-5-9-19(15)31-14-22(30)27-25-23(24-26-18-8-4-6-10-20(18)32-24)17-11-12-28(16(2)29)13-21(17)33-25/h3-10H,11-14H2,1-2H3,(H,27,30). The molecule has 0 spiro atoms. The van der Waals surface area contributed by atoms with E-state index in [1.807, 2.05) is 54.3 Å². The van der Waals surface area contributed by atoms with Gasteiger partial charge in [-0.05, 0) is 42.7 Å². The second-order valence-electron chi connectivity index (χ2n) is 7.99. The Hall–Kier alpha value is -3.23. The fraction of sp³-hybridized carbons (Fsp3) is 0.240. The quantitative estimate of drug-likeness (QED) is 0.426. The summed E-state index contributed by atoms with van der Waals surface area (Å²) in [6.07, 6.45) is 0.742. The van der Waals surface area contributed by atoms with Gasteiger partial charge in [-0.3, -0.25) is 9.59 Å². The van der Waals surface area contributed by atoms with Gasteiger partial charge in [0.05, 0.1) is 16.8 Å². The van der Waals surface area contributed by atoms with E-state index in [2.05, 4.69) is 11.4 Å². The second-order valence-corrected chi connectivity index (χ2v) is 10.1. The third-order valence-electron chi connectivity index (χ3n) is 5.72. The molecule has 2 aromatic carbocycles. The van der Waals surface area contributed by atoms with E-state index >= 15 is 0 Å². The summed E-state index contributed by atoms with van der Waals surface area (Å²) in [6.45, 7) is 4.70. The van der Waals surface area contributed by atoms with E-state index < -0.39 is 0 Å². The smallest absolute Gasteiger partial charge is 0.262 e. The number of benzene rings is 2. The molecule has 5 rings (SSSR count). The zero-order valence-electron chi connectivity index (χ0n) is 18.4. The highest BCUT2D eigenvalue weighted by molar-refractivity contribution is 7.22. The van der Waals surface area contributed by atoms with Crippen molar-refractivity contribution in [3.8, 4) is 16.3 Å². The van der Waals surface area contributed by atoms with Crippen molar-refractivity contribution in [3.63, 3.8) is 0 Å². The van der Waals surface area contributed by atoms with Gasteiger partial charge in [0.1, 0.15) is 15.8 Å². The third kappa shape index (κ3) is 4.36. The Balaban J connectivity index is 1.46. The van der Waals surface area contributed by atoms with Crippen molar-refractivity contribution in [2.45, 2.75) is 26.8 Å². The molecule has 0 atom stereocenters. The van der Waals surface area contributed by atoms with Crippen LogP contribution in [0.5, 0.6) is 5.75 Å². The number of para-hydroxylation sites is 2. The molecule has 0 bridgehead atoms. The fourth-order valence-electron chi connectivity index (χ4n) is 3.99.